The van der Waals surface area contributed by atoms with Crippen molar-refractivity contribution in [2.24, 2.45) is 0 Å². The van der Waals surface area contributed by atoms with Crippen molar-refractivity contribution in [2.75, 3.05) is 0 Å². The van der Waals surface area contributed by atoms with Gasteiger partial charge in [0.15, 0.2) is 0 Å². The van der Waals surface area contributed by atoms with E-state index < -0.39 is 0 Å². The summed E-state index contributed by atoms with van der Waals surface area (Å²) in [6.07, 6.45) is 7.87. The van der Waals surface area contributed by atoms with Gasteiger partial charge in [-0.25, -0.2) is 0 Å². The molecule has 0 aromatic heterocycles. The first-order chi connectivity index (χ1) is 7.31. The molecule has 0 fully saturated rings. The van der Waals surface area contributed by atoms with E-state index in [9.17, 15) is 0 Å². The molecule has 0 N–H and O–H groups in total. The minimum absolute atomic E-state index is 0. The first kappa shape index (κ1) is 16.0. The third-order valence-corrected chi connectivity index (χ3v) is 2.31. The molecule has 1 aromatic carbocycles. The molecule has 81 valence electrons. The van der Waals surface area contributed by atoms with Crippen LogP contribution in [0, 0.1) is 17.2 Å². The van der Waals surface area contributed by atoms with Crippen LogP contribution >= 0.6 is 0 Å². The minimum atomic E-state index is 0. The molecule has 0 atom stereocenters. The van der Waals surface area contributed by atoms with Gasteiger partial charge in [-0.1, -0.05) is 49.1 Å². The van der Waals surface area contributed by atoms with Gasteiger partial charge in [0.1, 0.15) is 0 Å². The topological polar surface area (TPSA) is 23.8 Å². The van der Waals surface area contributed by atoms with Crippen LogP contribution in [0.15, 0.2) is 60.7 Å². The van der Waals surface area contributed by atoms with Crippen LogP contribution in [0.2, 0.25) is 0 Å². The molecule has 1 aromatic rings. The van der Waals surface area contributed by atoms with Crippen LogP contribution in [0.4, 0.5) is 0 Å². The first-order valence-corrected chi connectivity index (χ1v) is 4.73. The van der Waals surface area contributed by atoms with Crippen molar-refractivity contribution in [3.8, 4) is 6.07 Å². The molecular formula is C14H10BrNZn-. The minimum Gasteiger partial charge on any atom is -1.00 e. The summed E-state index contributed by atoms with van der Waals surface area (Å²) in [6, 6.07) is 9.79. The summed E-state index contributed by atoms with van der Waals surface area (Å²) >= 11 is 0. The average Bonchev–Trinajstić information content (AvgIpc) is 2.30. The standard InChI is InChI=1S/C14H10N.BrH.Zn/c1-11-6-8-12(9-7-11)14-5-3-2-4-13(14)10-15;;/h2-9H,1H2;1H;/p-1. The molecule has 2 rings (SSSR count). The van der Waals surface area contributed by atoms with Crippen LogP contribution < -0.4 is 17.0 Å². The van der Waals surface area contributed by atoms with Crippen LogP contribution in [-0.4, -0.2) is 0 Å². The zero-order valence-corrected chi connectivity index (χ0v) is 13.9. The second kappa shape index (κ2) is 7.38. The van der Waals surface area contributed by atoms with Crippen LogP contribution in [-0.2, 0) is 19.5 Å². The Hall–Kier alpha value is -0.967. The fraction of sp³-hybridized carbons (Fsp3) is 0. The predicted molar refractivity (Wildman–Crippen MR) is 60.9 cm³/mol. The van der Waals surface area contributed by atoms with Gasteiger partial charge in [-0.15, -0.1) is 0 Å². The van der Waals surface area contributed by atoms with E-state index in [1.54, 1.807) is 0 Å². The Bertz CT molecular complexity index is 481. The Morgan fingerprint density at radius 1 is 1.00 bits per heavy atom. The molecule has 0 unspecified atom stereocenters. The van der Waals surface area contributed by atoms with Gasteiger partial charge in [-0.05, 0) is 17.2 Å². The molecular weight excluding hydrogens is 327 g/mol. The summed E-state index contributed by atoms with van der Waals surface area (Å²) in [5.41, 5.74) is 2.66. The quantitative estimate of drug-likeness (QED) is 0.670. The monoisotopic (exact) mass is 335 g/mol. The summed E-state index contributed by atoms with van der Waals surface area (Å²) in [5, 5.41) is 8.97. The molecule has 17 heavy (non-hydrogen) atoms. The number of benzene rings is 1. The van der Waals surface area contributed by atoms with Crippen LogP contribution in [0.25, 0.3) is 0 Å². The number of allylic oxidation sites excluding steroid dienone is 5. The fourth-order valence-electron chi connectivity index (χ4n) is 1.52. The molecule has 0 amide bonds. The number of nitriles is 1. The summed E-state index contributed by atoms with van der Waals surface area (Å²) in [6.45, 7) is 3.83. The largest absolute Gasteiger partial charge is 1.00 e. The number of rotatable bonds is 1. The van der Waals surface area contributed by atoms with Crippen molar-refractivity contribution >= 4 is 0 Å². The van der Waals surface area contributed by atoms with E-state index in [2.05, 4.69) is 12.6 Å². The Morgan fingerprint density at radius 2 is 1.59 bits per heavy atom. The van der Waals surface area contributed by atoms with Gasteiger partial charge in [-0.3, -0.25) is 0 Å². The summed E-state index contributed by atoms with van der Waals surface area (Å²) in [4.78, 5) is 0. The number of nitrogens with zero attached hydrogens (tertiary/aromatic N) is 1. The smallest absolute Gasteiger partial charge is 0.0994 e. The van der Waals surface area contributed by atoms with Crippen molar-refractivity contribution in [2.45, 2.75) is 0 Å². The summed E-state index contributed by atoms with van der Waals surface area (Å²) in [5.74, 6) is 1.06. The van der Waals surface area contributed by atoms with E-state index in [4.69, 9.17) is 5.26 Å². The van der Waals surface area contributed by atoms with Crippen LogP contribution in [0.1, 0.15) is 11.1 Å². The predicted octanol–water partition coefficient (Wildman–Crippen LogP) is 0.165. The van der Waals surface area contributed by atoms with Gasteiger partial charge >= 0.3 is 0 Å². The molecule has 0 aliphatic heterocycles. The Labute approximate surface area is 125 Å². The van der Waals surface area contributed by atoms with Gasteiger partial charge in [0.2, 0.25) is 0 Å². The summed E-state index contributed by atoms with van der Waals surface area (Å²) < 4.78 is 0. The van der Waals surface area contributed by atoms with Gasteiger partial charge in [0.25, 0.3) is 0 Å². The maximum absolute atomic E-state index is 8.97. The van der Waals surface area contributed by atoms with E-state index in [1.165, 1.54) is 0 Å². The Kier molecular flexibility index (Phi) is 6.96. The second-order valence-electron chi connectivity index (χ2n) is 3.35. The van der Waals surface area contributed by atoms with Crippen molar-refractivity contribution in [3.05, 3.63) is 77.8 Å². The SMILES string of the molecule is C=C1C=C[C](c2ccccc2C#N)C=C1.[Br-].[Zn]. The molecule has 1 nitrogen and oxygen atoms in total. The van der Waals surface area contributed by atoms with Crippen molar-refractivity contribution in [3.63, 3.8) is 0 Å². The van der Waals surface area contributed by atoms with E-state index >= 15 is 0 Å². The van der Waals surface area contributed by atoms with Crippen molar-refractivity contribution in [1.29, 1.82) is 5.26 Å². The molecule has 0 saturated carbocycles. The van der Waals surface area contributed by atoms with E-state index in [0.29, 0.717) is 5.56 Å². The molecule has 0 spiro atoms. The van der Waals surface area contributed by atoms with Gasteiger partial charge in [0, 0.05) is 25.4 Å². The second-order valence-corrected chi connectivity index (χ2v) is 3.35. The molecule has 0 heterocycles. The van der Waals surface area contributed by atoms with Gasteiger partial charge in [0.05, 0.1) is 11.6 Å². The molecule has 1 aliphatic rings. The van der Waals surface area contributed by atoms with Gasteiger partial charge < -0.3 is 17.0 Å². The average molecular weight is 338 g/mol. The first-order valence-electron chi connectivity index (χ1n) is 4.73. The maximum Gasteiger partial charge on any atom is 0.0994 e. The molecule has 0 bridgehead atoms. The molecule has 0 saturated heterocycles. The third-order valence-electron chi connectivity index (χ3n) is 2.31. The Balaban J connectivity index is 0.00000128. The number of hydrogen-bond acceptors (Lipinski definition) is 1. The zero-order chi connectivity index (χ0) is 10.7. The molecule has 3 heteroatoms. The van der Waals surface area contributed by atoms with E-state index in [1.807, 2.05) is 48.6 Å². The Morgan fingerprint density at radius 3 is 2.18 bits per heavy atom. The van der Waals surface area contributed by atoms with Crippen LogP contribution in [0.3, 0.4) is 0 Å². The van der Waals surface area contributed by atoms with Crippen molar-refractivity contribution in [1.82, 2.24) is 0 Å². The van der Waals surface area contributed by atoms with Crippen LogP contribution in [0.5, 0.6) is 0 Å². The normalized spacial score (nSPS) is 13.5. The zero-order valence-electron chi connectivity index (χ0n) is 9.36. The van der Waals surface area contributed by atoms with E-state index in [0.717, 1.165) is 17.1 Å². The summed E-state index contributed by atoms with van der Waals surface area (Å²) in [7, 11) is 0. The van der Waals surface area contributed by atoms with E-state index in [-0.39, 0.29) is 36.5 Å². The number of halogens is 1. The molecule has 1 radical (unpaired) electrons. The fourth-order valence-corrected chi connectivity index (χ4v) is 1.52. The molecule has 1 aliphatic carbocycles. The van der Waals surface area contributed by atoms with Crippen molar-refractivity contribution < 1.29 is 36.5 Å². The maximum atomic E-state index is 8.97. The third kappa shape index (κ3) is 3.77. The van der Waals surface area contributed by atoms with Gasteiger partial charge in [-0.2, -0.15) is 5.26 Å². The number of hydrogen-bond donors (Lipinski definition) is 0.